The average Bonchev–Trinajstić information content (AvgIpc) is 3.34. The van der Waals surface area contributed by atoms with Crippen LogP contribution in [0.1, 0.15) is 57.6 Å². The van der Waals surface area contributed by atoms with Crippen LogP contribution in [-0.2, 0) is 17.9 Å². The number of nitrogens with zero attached hydrogens (tertiary/aromatic N) is 5. The third-order valence-electron chi connectivity index (χ3n) is 7.60. The van der Waals surface area contributed by atoms with Crippen molar-refractivity contribution in [2.45, 2.75) is 64.3 Å². The third kappa shape index (κ3) is 9.02. The van der Waals surface area contributed by atoms with Crippen molar-refractivity contribution in [1.82, 2.24) is 24.3 Å². The monoisotopic (exact) mass is 613 g/mol. The van der Waals surface area contributed by atoms with Crippen molar-refractivity contribution in [3.05, 3.63) is 41.6 Å². The molecule has 0 bridgehead atoms. The Bertz CT molecular complexity index is 1320. The Hall–Kier alpha value is -2.47. The van der Waals surface area contributed by atoms with E-state index in [2.05, 4.69) is 74.9 Å². The first-order valence-corrected chi connectivity index (χ1v) is 17.5. The zero-order valence-electron chi connectivity index (χ0n) is 25.8. The van der Waals surface area contributed by atoms with Crippen LogP contribution in [0.3, 0.4) is 0 Å². The molecule has 0 unspecified atom stereocenters. The molecular formula is C31H47N7O2S2. The number of carbonyl (C=O) groups excluding carboxylic acids is 1. The SMILES string of the molecule is CCCCCNc1nc(N)nc2ccn(Cc3ccc(CN4CCN(CC(=O)CC(C)(C)SSC)CC4)cc3OC)c12. The highest BCUT2D eigenvalue weighted by Crippen LogP contribution is 2.36. The van der Waals surface area contributed by atoms with Gasteiger partial charge in [0.1, 0.15) is 17.0 Å². The molecule has 1 aliphatic heterocycles. The first kappa shape index (κ1) is 32.4. The number of rotatable bonds is 16. The molecule has 9 nitrogen and oxygen atoms in total. The van der Waals surface area contributed by atoms with Crippen LogP contribution in [0.25, 0.3) is 11.0 Å². The topological polar surface area (TPSA) is 102 Å². The summed E-state index contributed by atoms with van der Waals surface area (Å²) in [5.74, 6) is 2.26. The van der Waals surface area contributed by atoms with Gasteiger partial charge in [-0.2, -0.15) is 4.98 Å². The minimum absolute atomic E-state index is 0.0206. The minimum atomic E-state index is -0.0206. The van der Waals surface area contributed by atoms with Crippen molar-refractivity contribution in [2.75, 3.05) is 63.7 Å². The number of hydrogen-bond donors (Lipinski definition) is 2. The number of piperazine rings is 1. The molecule has 1 fully saturated rings. The second-order valence-corrected chi connectivity index (χ2v) is 14.8. The number of ether oxygens (including phenoxy) is 1. The van der Waals surface area contributed by atoms with E-state index < -0.39 is 0 Å². The summed E-state index contributed by atoms with van der Waals surface area (Å²) in [6.07, 6.45) is 8.15. The van der Waals surface area contributed by atoms with Crippen molar-refractivity contribution >= 4 is 50.2 Å². The number of aromatic nitrogens is 3. The zero-order valence-corrected chi connectivity index (χ0v) is 27.5. The van der Waals surface area contributed by atoms with Crippen LogP contribution in [0.2, 0.25) is 0 Å². The van der Waals surface area contributed by atoms with Crippen molar-refractivity contribution < 1.29 is 9.53 Å². The van der Waals surface area contributed by atoms with Gasteiger partial charge in [0.15, 0.2) is 5.82 Å². The molecule has 1 saturated heterocycles. The summed E-state index contributed by atoms with van der Waals surface area (Å²) < 4.78 is 7.99. The van der Waals surface area contributed by atoms with Crippen molar-refractivity contribution in [1.29, 1.82) is 0 Å². The van der Waals surface area contributed by atoms with Crippen LogP contribution in [0, 0.1) is 0 Å². The Balaban J connectivity index is 1.36. The predicted molar refractivity (Wildman–Crippen MR) is 179 cm³/mol. The maximum atomic E-state index is 12.7. The van der Waals surface area contributed by atoms with Crippen LogP contribution in [0.5, 0.6) is 5.75 Å². The Morgan fingerprint density at radius 1 is 1.10 bits per heavy atom. The number of nitrogens with two attached hydrogens (primary N) is 1. The first-order valence-electron chi connectivity index (χ1n) is 14.9. The number of ketones is 1. The number of carbonyl (C=O) groups is 1. The van der Waals surface area contributed by atoms with Crippen molar-refractivity contribution in [3.63, 3.8) is 0 Å². The molecule has 1 aliphatic rings. The van der Waals surface area contributed by atoms with E-state index in [0.29, 0.717) is 25.3 Å². The molecule has 0 spiro atoms. The Kier molecular flexibility index (Phi) is 11.8. The maximum Gasteiger partial charge on any atom is 0.222 e. The van der Waals surface area contributed by atoms with Gasteiger partial charge in [0.2, 0.25) is 5.95 Å². The van der Waals surface area contributed by atoms with Gasteiger partial charge in [-0.25, -0.2) is 4.98 Å². The van der Waals surface area contributed by atoms with Crippen LogP contribution < -0.4 is 15.8 Å². The largest absolute Gasteiger partial charge is 0.496 e. The van der Waals surface area contributed by atoms with Gasteiger partial charge in [0.05, 0.1) is 25.7 Å². The quantitative estimate of drug-likeness (QED) is 0.158. The number of anilines is 2. The Morgan fingerprint density at radius 3 is 2.57 bits per heavy atom. The number of benzene rings is 1. The lowest BCUT2D eigenvalue weighted by Crippen LogP contribution is -2.47. The summed E-state index contributed by atoms with van der Waals surface area (Å²) in [7, 11) is 5.24. The van der Waals surface area contributed by atoms with Crippen LogP contribution >= 0.6 is 21.6 Å². The fourth-order valence-electron chi connectivity index (χ4n) is 5.56. The number of Topliss-reactive ketones (excluding diaryl/α,β-unsaturated/α-hetero) is 1. The van der Waals surface area contributed by atoms with Crippen molar-refractivity contribution in [3.8, 4) is 5.75 Å². The standard InChI is InChI=1S/C31H47N7O2S2/c1-6-7-8-12-33-29-28-26(34-30(32)35-29)11-13-38(28)21-24-10-9-23(18-27(24)40-4)20-36-14-16-37(17-15-36)22-25(39)19-31(2,3)42-41-5/h9-11,13,18H,6-8,12,14-17,19-22H2,1-5H3,(H3,32,33,34,35). The summed E-state index contributed by atoms with van der Waals surface area (Å²) in [6, 6.07) is 8.50. The molecule has 3 aromatic rings. The second kappa shape index (κ2) is 15.3. The summed E-state index contributed by atoms with van der Waals surface area (Å²) in [5.41, 5.74) is 10.1. The molecule has 42 heavy (non-hydrogen) atoms. The van der Waals surface area contributed by atoms with Gasteiger partial charge in [-0.3, -0.25) is 14.6 Å². The molecule has 0 saturated carbocycles. The molecule has 0 radical (unpaired) electrons. The van der Waals surface area contributed by atoms with Gasteiger partial charge >= 0.3 is 0 Å². The molecule has 4 rings (SSSR count). The lowest BCUT2D eigenvalue weighted by molar-refractivity contribution is -0.121. The van der Waals surface area contributed by atoms with Gasteiger partial charge in [-0.05, 0) is 44.2 Å². The fourth-order valence-corrected chi connectivity index (χ4v) is 7.76. The molecule has 11 heteroatoms. The normalized spacial score (nSPS) is 14.9. The molecule has 0 atom stereocenters. The van der Waals surface area contributed by atoms with Crippen molar-refractivity contribution in [2.24, 2.45) is 0 Å². The van der Waals surface area contributed by atoms with E-state index in [1.165, 1.54) is 18.4 Å². The smallest absolute Gasteiger partial charge is 0.222 e. The summed E-state index contributed by atoms with van der Waals surface area (Å²) >= 11 is 0. The van der Waals surface area contributed by atoms with E-state index in [-0.39, 0.29) is 10.7 Å². The number of hydrogen-bond acceptors (Lipinski definition) is 10. The molecular weight excluding hydrogens is 567 g/mol. The Morgan fingerprint density at radius 2 is 1.86 bits per heavy atom. The highest BCUT2D eigenvalue weighted by molar-refractivity contribution is 8.76. The van der Waals surface area contributed by atoms with E-state index in [1.54, 1.807) is 28.7 Å². The third-order valence-corrected chi connectivity index (χ3v) is 10.2. The second-order valence-electron chi connectivity index (χ2n) is 11.7. The van der Waals surface area contributed by atoms with E-state index in [1.807, 2.05) is 12.3 Å². The lowest BCUT2D eigenvalue weighted by atomic mass is 10.1. The molecule has 0 amide bonds. The van der Waals surface area contributed by atoms with Gasteiger partial charge in [0, 0.05) is 62.2 Å². The molecule has 230 valence electrons. The van der Waals surface area contributed by atoms with E-state index in [0.717, 1.165) is 73.9 Å². The molecule has 3 heterocycles. The first-order chi connectivity index (χ1) is 20.2. The van der Waals surface area contributed by atoms with E-state index in [9.17, 15) is 4.79 Å². The van der Waals surface area contributed by atoms with Crippen LogP contribution in [0.15, 0.2) is 30.5 Å². The summed E-state index contributed by atoms with van der Waals surface area (Å²) in [5, 5.41) is 3.47. The summed E-state index contributed by atoms with van der Waals surface area (Å²) in [4.78, 5) is 26.4. The van der Waals surface area contributed by atoms with E-state index >= 15 is 0 Å². The minimum Gasteiger partial charge on any atom is -0.496 e. The number of fused-ring (bicyclic) bond motifs is 1. The zero-order chi connectivity index (χ0) is 30.1. The number of methoxy groups -OCH3 is 1. The van der Waals surface area contributed by atoms with Gasteiger partial charge in [-0.15, -0.1) is 0 Å². The van der Waals surface area contributed by atoms with Crippen LogP contribution in [0.4, 0.5) is 11.8 Å². The molecule has 1 aromatic carbocycles. The highest BCUT2D eigenvalue weighted by Gasteiger charge is 2.25. The molecule has 0 aliphatic carbocycles. The lowest BCUT2D eigenvalue weighted by Gasteiger charge is -2.35. The molecule has 2 aromatic heterocycles. The highest BCUT2D eigenvalue weighted by atomic mass is 33.1. The van der Waals surface area contributed by atoms with Gasteiger partial charge in [0.25, 0.3) is 0 Å². The van der Waals surface area contributed by atoms with Gasteiger partial charge in [-0.1, -0.05) is 53.5 Å². The Labute approximate surface area is 258 Å². The van der Waals surface area contributed by atoms with Crippen LogP contribution in [-0.4, -0.2) is 87.5 Å². The molecule has 3 N–H and O–H groups in total. The predicted octanol–water partition coefficient (Wildman–Crippen LogP) is 5.54. The maximum absolute atomic E-state index is 12.7. The number of unbranched alkanes of at least 4 members (excludes halogenated alkanes) is 2. The van der Waals surface area contributed by atoms with Gasteiger partial charge < -0.3 is 20.4 Å². The average molecular weight is 614 g/mol. The summed E-state index contributed by atoms with van der Waals surface area (Å²) in [6.45, 7) is 13.1. The van der Waals surface area contributed by atoms with E-state index in [4.69, 9.17) is 10.5 Å². The number of nitrogens with one attached hydrogen (secondary N) is 1. The fraction of sp³-hybridized carbons (Fsp3) is 0.581. The number of nitrogen functional groups attached to an aromatic ring is 1.